The summed E-state index contributed by atoms with van der Waals surface area (Å²) in [5.74, 6) is 0.585. The van der Waals surface area contributed by atoms with Crippen molar-refractivity contribution in [1.82, 2.24) is 15.0 Å². The maximum absolute atomic E-state index is 4.44. The Morgan fingerprint density at radius 1 is 0.857 bits per heavy atom. The maximum atomic E-state index is 4.44. The lowest BCUT2D eigenvalue weighted by Crippen LogP contribution is -2.08. The number of nitrogens with one attached hydrogen (secondary N) is 1. The first kappa shape index (κ1) is 12.9. The molecule has 0 saturated carbocycles. The number of hydrazone groups is 1. The Kier molecular flexibility index (Phi) is 3.93. The molecule has 0 spiro atoms. The minimum atomic E-state index is 0.585. The van der Waals surface area contributed by atoms with E-state index in [4.69, 9.17) is 0 Å². The predicted octanol–water partition coefficient (Wildman–Crippen LogP) is 2.74. The molecular formula is C16H13N5. The van der Waals surface area contributed by atoms with Gasteiger partial charge in [0.25, 0.3) is 0 Å². The summed E-state index contributed by atoms with van der Waals surface area (Å²) < 4.78 is 0. The van der Waals surface area contributed by atoms with Crippen molar-refractivity contribution in [2.75, 3.05) is 5.43 Å². The van der Waals surface area contributed by atoms with Crippen LogP contribution in [0.4, 0.5) is 5.82 Å². The Labute approximate surface area is 122 Å². The number of benzene rings is 1. The van der Waals surface area contributed by atoms with Gasteiger partial charge in [-0.05, 0) is 12.1 Å². The minimum absolute atomic E-state index is 0.585. The van der Waals surface area contributed by atoms with Crippen LogP contribution in [0.3, 0.4) is 0 Å². The topological polar surface area (TPSA) is 63.1 Å². The van der Waals surface area contributed by atoms with Crippen molar-refractivity contribution in [3.8, 4) is 0 Å². The molecule has 0 radical (unpaired) electrons. The van der Waals surface area contributed by atoms with Crippen LogP contribution in [0.25, 0.3) is 0 Å². The Morgan fingerprint density at radius 3 is 2.43 bits per heavy atom. The Balaban J connectivity index is 1.97. The molecule has 0 aliphatic rings. The van der Waals surface area contributed by atoms with Crippen LogP contribution >= 0.6 is 0 Å². The van der Waals surface area contributed by atoms with Gasteiger partial charge >= 0.3 is 0 Å². The van der Waals surface area contributed by atoms with E-state index >= 15 is 0 Å². The fourth-order valence-corrected chi connectivity index (χ4v) is 1.84. The van der Waals surface area contributed by atoms with E-state index < -0.39 is 0 Å². The van der Waals surface area contributed by atoms with Crippen molar-refractivity contribution >= 4 is 11.5 Å². The van der Waals surface area contributed by atoms with Gasteiger partial charge in [0.2, 0.25) is 0 Å². The third-order valence-corrected chi connectivity index (χ3v) is 2.80. The molecule has 3 rings (SSSR count). The fraction of sp³-hybridized carbons (Fsp3) is 0. The first-order valence-corrected chi connectivity index (χ1v) is 6.50. The molecule has 0 bridgehead atoms. The minimum Gasteiger partial charge on any atom is -0.259 e. The Hall–Kier alpha value is -3.08. The normalized spacial score (nSPS) is 11.1. The second-order valence-corrected chi connectivity index (χ2v) is 4.24. The van der Waals surface area contributed by atoms with Crippen molar-refractivity contribution < 1.29 is 0 Å². The molecule has 1 aromatic carbocycles. The molecule has 0 aliphatic heterocycles. The molecule has 1 N–H and O–H groups in total. The van der Waals surface area contributed by atoms with Crippen LogP contribution in [-0.4, -0.2) is 20.7 Å². The number of hydrogen-bond donors (Lipinski definition) is 1. The second-order valence-electron chi connectivity index (χ2n) is 4.24. The van der Waals surface area contributed by atoms with Crippen molar-refractivity contribution in [3.63, 3.8) is 0 Å². The van der Waals surface area contributed by atoms with Crippen LogP contribution in [0.15, 0.2) is 78.4 Å². The van der Waals surface area contributed by atoms with Gasteiger partial charge in [-0.15, -0.1) is 0 Å². The predicted molar refractivity (Wildman–Crippen MR) is 82.0 cm³/mol. The molecule has 5 heteroatoms. The van der Waals surface area contributed by atoms with E-state index in [0.717, 1.165) is 17.0 Å². The molecule has 0 aliphatic carbocycles. The lowest BCUT2D eigenvalue weighted by atomic mass is 10.1. The zero-order valence-corrected chi connectivity index (χ0v) is 11.2. The maximum Gasteiger partial charge on any atom is 0.164 e. The van der Waals surface area contributed by atoms with Gasteiger partial charge in [0, 0.05) is 24.2 Å². The lowest BCUT2D eigenvalue weighted by Gasteiger charge is -2.07. The van der Waals surface area contributed by atoms with Gasteiger partial charge in [-0.1, -0.05) is 36.4 Å². The molecule has 0 amide bonds. The van der Waals surface area contributed by atoms with Gasteiger partial charge in [-0.3, -0.25) is 15.4 Å². The molecule has 102 valence electrons. The largest absolute Gasteiger partial charge is 0.259 e. The number of anilines is 1. The first-order chi connectivity index (χ1) is 10.4. The van der Waals surface area contributed by atoms with Gasteiger partial charge in [0.1, 0.15) is 5.71 Å². The zero-order valence-electron chi connectivity index (χ0n) is 11.2. The average molecular weight is 275 g/mol. The Bertz CT molecular complexity index is 670. The standard InChI is InChI=1S/C16H13N5/c1-2-6-13(7-3-1)16(14-8-4-5-9-18-14)21-20-15-12-17-10-11-19-15/h1-12H,(H,19,20)/b21-16-. The second kappa shape index (κ2) is 6.38. The van der Waals surface area contributed by atoms with E-state index in [2.05, 4.69) is 25.5 Å². The molecular weight excluding hydrogens is 262 g/mol. The summed E-state index contributed by atoms with van der Waals surface area (Å²) in [6.45, 7) is 0. The molecule has 2 heterocycles. The van der Waals surface area contributed by atoms with Crippen LogP contribution in [0, 0.1) is 0 Å². The van der Waals surface area contributed by atoms with Crippen molar-refractivity contribution in [3.05, 3.63) is 84.6 Å². The molecule has 0 atom stereocenters. The van der Waals surface area contributed by atoms with Gasteiger partial charge in [-0.2, -0.15) is 5.10 Å². The smallest absolute Gasteiger partial charge is 0.164 e. The van der Waals surface area contributed by atoms with E-state index in [1.54, 1.807) is 24.8 Å². The van der Waals surface area contributed by atoms with Crippen molar-refractivity contribution in [2.45, 2.75) is 0 Å². The van der Waals surface area contributed by atoms with E-state index in [0.29, 0.717) is 5.82 Å². The van der Waals surface area contributed by atoms with Crippen LogP contribution in [0.2, 0.25) is 0 Å². The highest BCUT2D eigenvalue weighted by molar-refractivity contribution is 6.11. The van der Waals surface area contributed by atoms with Crippen molar-refractivity contribution in [1.29, 1.82) is 0 Å². The van der Waals surface area contributed by atoms with E-state index in [1.807, 2.05) is 48.5 Å². The summed E-state index contributed by atoms with van der Waals surface area (Å²) in [5, 5.41) is 4.44. The average Bonchev–Trinajstić information content (AvgIpc) is 2.58. The molecule has 5 nitrogen and oxygen atoms in total. The fourth-order valence-electron chi connectivity index (χ4n) is 1.84. The third kappa shape index (κ3) is 3.27. The number of rotatable bonds is 4. The molecule has 0 fully saturated rings. The van der Waals surface area contributed by atoms with E-state index in [-0.39, 0.29) is 0 Å². The summed E-state index contributed by atoms with van der Waals surface area (Å²) in [4.78, 5) is 12.5. The van der Waals surface area contributed by atoms with Gasteiger partial charge in [0.15, 0.2) is 5.82 Å². The number of hydrogen-bond acceptors (Lipinski definition) is 5. The van der Waals surface area contributed by atoms with Crippen LogP contribution < -0.4 is 5.43 Å². The summed E-state index contributed by atoms with van der Waals surface area (Å²) in [6.07, 6.45) is 6.59. The summed E-state index contributed by atoms with van der Waals surface area (Å²) in [6, 6.07) is 15.6. The molecule has 3 aromatic rings. The molecule has 21 heavy (non-hydrogen) atoms. The molecule has 0 saturated heterocycles. The van der Waals surface area contributed by atoms with Gasteiger partial charge in [0.05, 0.1) is 11.9 Å². The molecule has 2 aromatic heterocycles. The highest BCUT2D eigenvalue weighted by Gasteiger charge is 2.07. The number of nitrogens with zero attached hydrogens (tertiary/aromatic N) is 4. The van der Waals surface area contributed by atoms with Crippen molar-refractivity contribution in [2.24, 2.45) is 5.10 Å². The molecule has 0 unspecified atom stereocenters. The number of aromatic nitrogens is 3. The SMILES string of the molecule is c1ccc(/C(=N/Nc2cnccn2)c2ccccn2)cc1. The van der Waals surface area contributed by atoms with Gasteiger partial charge < -0.3 is 0 Å². The van der Waals surface area contributed by atoms with Crippen LogP contribution in [-0.2, 0) is 0 Å². The summed E-state index contributed by atoms with van der Waals surface area (Å²) >= 11 is 0. The highest BCUT2D eigenvalue weighted by atomic mass is 15.3. The monoisotopic (exact) mass is 275 g/mol. The quantitative estimate of drug-likeness (QED) is 0.587. The van der Waals surface area contributed by atoms with Gasteiger partial charge in [-0.25, -0.2) is 4.98 Å². The van der Waals surface area contributed by atoms with E-state index in [9.17, 15) is 0 Å². The zero-order chi connectivity index (χ0) is 14.3. The third-order valence-electron chi connectivity index (χ3n) is 2.80. The Morgan fingerprint density at radius 2 is 1.71 bits per heavy atom. The first-order valence-electron chi connectivity index (χ1n) is 6.50. The number of pyridine rings is 1. The summed E-state index contributed by atoms with van der Waals surface area (Å²) in [5.41, 5.74) is 5.44. The van der Waals surface area contributed by atoms with E-state index in [1.165, 1.54) is 0 Å². The van der Waals surface area contributed by atoms with Crippen LogP contribution in [0.1, 0.15) is 11.3 Å². The highest BCUT2D eigenvalue weighted by Crippen LogP contribution is 2.09. The summed E-state index contributed by atoms with van der Waals surface area (Å²) in [7, 11) is 0. The van der Waals surface area contributed by atoms with Crippen LogP contribution in [0.5, 0.6) is 0 Å². The lowest BCUT2D eigenvalue weighted by molar-refractivity contribution is 1.15.